The van der Waals surface area contributed by atoms with Gasteiger partial charge in [-0.2, -0.15) is 5.10 Å². The van der Waals surface area contributed by atoms with Gasteiger partial charge in [0.05, 0.1) is 13.3 Å². The maximum absolute atomic E-state index is 12.2. The van der Waals surface area contributed by atoms with E-state index in [-0.39, 0.29) is 5.91 Å². The summed E-state index contributed by atoms with van der Waals surface area (Å²) in [5.74, 6) is 0.436. The predicted octanol–water partition coefficient (Wildman–Crippen LogP) is 4.63. The standard InChI is InChI=1S/C21H20BrN3O2/c1-14-12-17(15(2)25(14)19-8-6-18(22)7-9-19)13-23-24-21(26)16-4-10-20(27-3)11-5-16/h4-13H,1-3H3,(H,24,26)/b23-13-. The van der Waals surface area contributed by atoms with Gasteiger partial charge in [0.2, 0.25) is 0 Å². The molecule has 1 N–H and O–H groups in total. The Kier molecular flexibility index (Phi) is 5.76. The van der Waals surface area contributed by atoms with Gasteiger partial charge in [0.1, 0.15) is 5.75 Å². The molecule has 5 nitrogen and oxygen atoms in total. The van der Waals surface area contributed by atoms with Gasteiger partial charge < -0.3 is 9.30 Å². The second-order valence-electron chi connectivity index (χ2n) is 6.07. The number of rotatable bonds is 5. The molecule has 0 aliphatic heterocycles. The molecule has 0 bridgehead atoms. The summed E-state index contributed by atoms with van der Waals surface area (Å²) in [4.78, 5) is 12.2. The molecule has 0 spiro atoms. The van der Waals surface area contributed by atoms with Crippen LogP contribution in [0, 0.1) is 13.8 Å². The van der Waals surface area contributed by atoms with Crippen LogP contribution < -0.4 is 10.2 Å². The van der Waals surface area contributed by atoms with Crippen LogP contribution in [0.2, 0.25) is 0 Å². The molecule has 0 unspecified atom stereocenters. The molecule has 0 aliphatic rings. The van der Waals surface area contributed by atoms with Crippen LogP contribution in [0.4, 0.5) is 0 Å². The molecule has 3 rings (SSSR count). The minimum absolute atomic E-state index is 0.268. The van der Waals surface area contributed by atoms with E-state index in [1.807, 2.05) is 32.0 Å². The highest BCUT2D eigenvalue weighted by molar-refractivity contribution is 9.10. The first-order chi connectivity index (χ1) is 13.0. The maximum Gasteiger partial charge on any atom is 0.271 e. The zero-order valence-corrected chi connectivity index (χ0v) is 16.9. The first-order valence-electron chi connectivity index (χ1n) is 8.42. The smallest absolute Gasteiger partial charge is 0.271 e. The van der Waals surface area contributed by atoms with Crippen LogP contribution in [0.5, 0.6) is 5.75 Å². The summed E-state index contributed by atoms with van der Waals surface area (Å²) in [6.07, 6.45) is 1.67. The maximum atomic E-state index is 12.2. The van der Waals surface area contributed by atoms with Crippen molar-refractivity contribution >= 4 is 28.1 Å². The summed E-state index contributed by atoms with van der Waals surface area (Å²) in [5, 5.41) is 4.11. The van der Waals surface area contributed by atoms with Gasteiger partial charge in [0.25, 0.3) is 5.91 Å². The molecule has 0 saturated heterocycles. The molecule has 3 aromatic rings. The van der Waals surface area contributed by atoms with Gasteiger partial charge in [-0.3, -0.25) is 4.79 Å². The number of methoxy groups -OCH3 is 1. The monoisotopic (exact) mass is 425 g/mol. The van der Waals surface area contributed by atoms with Crippen LogP contribution in [-0.2, 0) is 0 Å². The van der Waals surface area contributed by atoms with E-state index >= 15 is 0 Å². The van der Waals surface area contributed by atoms with Crippen molar-refractivity contribution in [2.45, 2.75) is 13.8 Å². The predicted molar refractivity (Wildman–Crippen MR) is 111 cm³/mol. The molecule has 1 aromatic heterocycles. The SMILES string of the molecule is COc1ccc(C(=O)N/N=C\c2cc(C)n(-c3ccc(Br)cc3)c2C)cc1. The van der Waals surface area contributed by atoms with Crippen LogP contribution in [0.25, 0.3) is 5.69 Å². The van der Waals surface area contributed by atoms with E-state index in [1.54, 1.807) is 37.6 Å². The van der Waals surface area contributed by atoms with Crippen molar-refractivity contribution in [3.8, 4) is 11.4 Å². The van der Waals surface area contributed by atoms with Gasteiger partial charge in [-0.25, -0.2) is 5.43 Å². The summed E-state index contributed by atoms with van der Waals surface area (Å²) in [5.41, 5.74) is 7.26. The number of amides is 1. The number of carbonyl (C=O) groups is 1. The Balaban J connectivity index is 1.74. The van der Waals surface area contributed by atoms with E-state index in [4.69, 9.17) is 4.74 Å². The van der Waals surface area contributed by atoms with E-state index in [1.165, 1.54) is 0 Å². The van der Waals surface area contributed by atoms with E-state index in [2.05, 4.69) is 43.2 Å². The molecule has 1 amide bonds. The number of hydrogen-bond acceptors (Lipinski definition) is 3. The largest absolute Gasteiger partial charge is 0.497 e. The molecule has 6 heteroatoms. The number of ether oxygens (including phenoxy) is 1. The number of benzene rings is 2. The van der Waals surface area contributed by atoms with Crippen LogP contribution in [-0.4, -0.2) is 23.8 Å². The number of nitrogens with one attached hydrogen (secondary N) is 1. The molecule has 0 radical (unpaired) electrons. The second kappa shape index (κ2) is 8.22. The Labute approximate surface area is 166 Å². The Morgan fingerprint density at radius 3 is 2.41 bits per heavy atom. The molecular formula is C21H20BrN3O2. The topological polar surface area (TPSA) is 55.6 Å². The minimum Gasteiger partial charge on any atom is -0.497 e. The molecule has 0 saturated carbocycles. The highest BCUT2D eigenvalue weighted by Gasteiger charge is 2.10. The van der Waals surface area contributed by atoms with Crippen molar-refractivity contribution < 1.29 is 9.53 Å². The Hall–Kier alpha value is -2.86. The van der Waals surface area contributed by atoms with Crippen molar-refractivity contribution in [2.75, 3.05) is 7.11 Å². The number of hydrogen-bond donors (Lipinski definition) is 1. The lowest BCUT2D eigenvalue weighted by Crippen LogP contribution is -2.17. The Morgan fingerprint density at radius 2 is 1.78 bits per heavy atom. The number of hydrazone groups is 1. The highest BCUT2D eigenvalue weighted by Crippen LogP contribution is 2.21. The van der Waals surface area contributed by atoms with Crippen molar-refractivity contribution in [3.63, 3.8) is 0 Å². The van der Waals surface area contributed by atoms with Crippen LogP contribution in [0.15, 0.2) is 64.2 Å². The average Bonchev–Trinajstić information content (AvgIpc) is 2.96. The molecule has 0 atom stereocenters. The zero-order valence-electron chi connectivity index (χ0n) is 15.4. The van der Waals surface area contributed by atoms with E-state index in [0.29, 0.717) is 11.3 Å². The third-order valence-electron chi connectivity index (χ3n) is 4.28. The van der Waals surface area contributed by atoms with E-state index in [9.17, 15) is 4.79 Å². The van der Waals surface area contributed by atoms with Crippen molar-refractivity contribution in [1.29, 1.82) is 0 Å². The molecular weight excluding hydrogens is 406 g/mol. The van der Waals surface area contributed by atoms with Crippen LogP contribution in [0.1, 0.15) is 27.3 Å². The zero-order chi connectivity index (χ0) is 19.4. The first kappa shape index (κ1) is 18.9. The van der Waals surface area contributed by atoms with Gasteiger partial charge >= 0.3 is 0 Å². The third-order valence-corrected chi connectivity index (χ3v) is 4.81. The lowest BCUT2D eigenvalue weighted by molar-refractivity contribution is 0.0955. The summed E-state index contributed by atoms with van der Waals surface area (Å²) in [7, 11) is 1.59. The van der Waals surface area contributed by atoms with Gasteiger partial charge in [0, 0.05) is 32.7 Å². The Bertz CT molecular complexity index is 974. The molecule has 27 heavy (non-hydrogen) atoms. The van der Waals surface area contributed by atoms with Gasteiger partial charge in [-0.1, -0.05) is 15.9 Å². The number of aromatic nitrogens is 1. The number of halogens is 1. The van der Waals surface area contributed by atoms with Crippen molar-refractivity contribution in [2.24, 2.45) is 5.10 Å². The fourth-order valence-electron chi connectivity index (χ4n) is 2.87. The lowest BCUT2D eigenvalue weighted by Gasteiger charge is -2.09. The highest BCUT2D eigenvalue weighted by atomic mass is 79.9. The second-order valence-corrected chi connectivity index (χ2v) is 6.98. The molecule has 0 fully saturated rings. The van der Waals surface area contributed by atoms with Crippen LogP contribution in [0.3, 0.4) is 0 Å². The number of nitrogens with zero attached hydrogens (tertiary/aromatic N) is 2. The summed E-state index contributed by atoms with van der Waals surface area (Å²) in [6, 6.07) is 17.0. The quantitative estimate of drug-likeness (QED) is 0.478. The average molecular weight is 426 g/mol. The minimum atomic E-state index is -0.268. The van der Waals surface area contributed by atoms with Crippen LogP contribution >= 0.6 is 15.9 Å². The molecule has 138 valence electrons. The van der Waals surface area contributed by atoms with E-state index < -0.39 is 0 Å². The molecule has 2 aromatic carbocycles. The molecule has 0 aliphatic carbocycles. The lowest BCUT2D eigenvalue weighted by atomic mass is 10.2. The number of aryl methyl sites for hydroxylation is 1. The van der Waals surface area contributed by atoms with Crippen molar-refractivity contribution in [3.05, 3.63) is 81.6 Å². The summed E-state index contributed by atoms with van der Waals surface area (Å²) < 4.78 is 8.28. The van der Waals surface area contributed by atoms with Gasteiger partial charge in [-0.05, 0) is 68.4 Å². The van der Waals surface area contributed by atoms with Crippen molar-refractivity contribution in [1.82, 2.24) is 9.99 Å². The van der Waals surface area contributed by atoms with Gasteiger partial charge in [0.15, 0.2) is 0 Å². The normalized spacial score (nSPS) is 11.0. The summed E-state index contributed by atoms with van der Waals surface area (Å²) in [6.45, 7) is 4.07. The first-order valence-corrected chi connectivity index (χ1v) is 9.21. The van der Waals surface area contributed by atoms with E-state index in [0.717, 1.165) is 27.1 Å². The third kappa shape index (κ3) is 4.28. The molecule has 1 heterocycles. The Morgan fingerprint density at radius 1 is 1.11 bits per heavy atom. The van der Waals surface area contributed by atoms with Gasteiger partial charge in [-0.15, -0.1) is 0 Å². The summed E-state index contributed by atoms with van der Waals surface area (Å²) >= 11 is 3.46. The number of carbonyl (C=O) groups excluding carboxylic acids is 1. The fourth-order valence-corrected chi connectivity index (χ4v) is 3.14. The fraction of sp³-hybridized carbons (Fsp3) is 0.143.